The molecule has 0 spiro atoms. The fourth-order valence-electron chi connectivity index (χ4n) is 5.88. The van der Waals surface area contributed by atoms with Crippen molar-refractivity contribution in [3.05, 3.63) is 171 Å². The van der Waals surface area contributed by atoms with Crippen molar-refractivity contribution in [2.75, 3.05) is 13.2 Å². The Morgan fingerprint density at radius 3 is 1.06 bits per heavy atom. The van der Waals surface area contributed by atoms with Gasteiger partial charge in [-0.15, -0.1) is 39.5 Å². The van der Waals surface area contributed by atoms with Gasteiger partial charge in [0.05, 0.1) is 0 Å². The van der Waals surface area contributed by atoms with E-state index in [9.17, 15) is 10.2 Å². The standard InChI is InChI=1S/2C22H24O2/c1-5-9-19-17-11-14-22(24-16-8-4)20(10-6-2)18(17)12-13-21(19)23-15-7-3;1-5-9-15-13-19-18(12-8-4)22(24)16(10-6-2)14-20(19)17(11-7-3)21(15)23/h5-8,11-14H,1-4,9-10,15-16H2;5-8,13-14,23-24H,1-4,9-12H2. The Morgan fingerprint density at radius 1 is 0.417 bits per heavy atom. The fraction of sp³-hybridized carbons (Fsp3) is 0.182. The second-order valence-electron chi connectivity index (χ2n) is 11.2. The number of hydrogen-bond acceptors (Lipinski definition) is 4. The van der Waals surface area contributed by atoms with Gasteiger partial charge in [0, 0.05) is 22.3 Å². The summed E-state index contributed by atoms with van der Waals surface area (Å²) in [6.45, 7) is 31.3. The topological polar surface area (TPSA) is 58.9 Å². The van der Waals surface area contributed by atoms with Crippen LogP contribution in [0, 0.1) is 0 Å². The Labute approximate surface area is 286 Å². The fourth-order valence-corrected chi connectivity index (χ4v) is 5.88. The van der Waals surface area contributed by atoms with Crippen molar-refractivity contribution in [2.45, 2.75) is 38.5 Å². The Kier molecular flexibility index (Phi) is 14.3. The van der Waals surface area contributed by atoms with E-state index in [1.165, 1.54) is 0 Å². The van der Waals surface area contributed by atoms with Crippen LogP contribution in [-0.2, 0) is 38.5 Å². The molecule has 0 atom stereocenters. The van der Waals surface area contributed by atoms with E-state index in [0.717, 1.165) is 79.3 Å². The van der Waals surface area contributed by atoms with Crippen LogP contribution < -0.4 is 9.47 Å². The van der Waals surface area contributed by atoms with Crippen LogP contribution in [0.4, 0.5) is 0 Å². The van der Waals surface area contributed by atoms with Gasteiger partial charge in [-0.1, -0.05) is 73.9 Å². The molecular weight excluding hydrogens is 592 g/mol. The van der Waals surface area contributed by atoms with Crippen molar-refractivity contribution in [3.8, 4) is 23.0 Å². The molecule has 248 valence electrons. The van der Waals surface area contributed by atoms with E-state index < -0.39 is 0 Å². The summed E-state index contributed by atoms with van der Waals surface area (Å²) in [4.78, 5) is 0. The first kappa shape index (κ1) is 37.0. The minimum atomic E-state index is 0.280. The summed E-state index contributed by atoms with van der Waals surface area (Å²) in [5.74, 6) is 2.29. The lowest BCUT2D eigenvalue weighted by atomic mass is 9.89. The molecule has 0 aliphatic carbocycles. The first-order chi connectivity index (χ1) is 23.3. The summed E-state index contributed by atoms with van der Waals surface area (Å²) >= 11 is 0. The van der Waals surface area contributed by atoms with Crippen LogP contribution >= 0.6 is 0 Å². The third-order valence-electron chi connectivity index (χ3n) is 7.93. The molecule has 0 heterocycles. The van der Waals surface area contributed by atoms with E-state index in [0.29, 0.717) is 38.9 Å². The van der Waals surface area contributed by atoms with Crippen LogP contribution in [-0.4, -0.2) is 23.4 Å². The van der Waals surface area contributed by atoms with Crippen LogP contribution in [0.15, 0.2) is 138 Å². The molecule has 2 N–H and O–H groups in total. The number of hydrogen-bond donors (Lipinski definition) is 2. The minimum absolute atomic E-state index is 0.280. The second kappa shape index (κ2) is 18.6. The van der Waals surface area contributed by atoms with Crippen molar-refractivity contribution in [1.82, 2.24) is 0 Å². The smallest absolute Gasteiger partial charge is 0.123 e. The van der Waals surface area contributed by atoms with Gasteiger partial charge < -0.3 is 19.7 Å². The molecule has 0 aliphatic heterocycles. The number of allylic oxidation sites excluding steroid dienone is 6. The number of phenols is 2. The predicted octanol–water partition coefficient (Wildman–Crippen LogP) is 10.6. The number of phenolic OH excluding ortho intramolecular Hbond substituents is 2. The predicted molar refractivity (Wildman–Crippen MR) is 206 cm³/mol. The Morgan fingerprint density at radius 2 is 0.750 bits per heavy atom. The van der Waals surface area contributed by atoms with E-state index in [4.69, 9.17) is 9.47 Å². The summed E-state index contributed by atoms with van der Waals surface area (Å²) in [6.07, 6.45) is 18.1. The van der Waals surface area contributed by atoms with E-state index in [1.807, 2.05) is 36.4 Å². The summed E-state index contributed by atoms with van der Waals surface area (Å²) in [6, 6.07) is 12.1. The highest BCUT2D eigenvalue weighted by atomic mass is 16.5. The molecule has 4 rings (SSSR count). The van der Waals surface area contributed by atoms with Crippen molar-refractivity contribution < 1.29 is 19.7 Å². The molecule has 0 aromatic heterocycles. The molecule has 0 unspecified atom stereocenters. The minimum Gasteiger partial charge on any atom is -0.507 e. The highest BCUT2D eigenvalue weighted by molar-refractivity contribution is 5.95. The average Bonchev–Trinajstić information content (AvgIpc) is 3.08. The maximum Gasteiger partial charge on any atom is 0.123 e. The molecule has 4 nitrogen and oxygen atoms in total. The van der Waals surface area contributed by atoms with Gasteiger partial charge >= 0.3 is 0 Å². The van der Waals surface area contributed by atoms with Gasteiger partial charge in [0.1, 0.15) is 36.2 Å². The molecule has 0 saturated carbocycles. The number of fused-ring (bicyclic) bond motifs is 2. The van der Waals surface area contributed by atoms with E-state index in [2.05, 4.69) is 64.8 Å². The maximum atomic E-state index is 10.7. The summed E-state index contributed by atoms with van der Waals surface area (Å²) < 4.78 is 11.6. The van der Waals surface area contributed by atoms with Crippen molar-refractivity contribution in [3.63, 3.8) is 0 Å². The number of ether oxygens (including phenoxy) is 2. The molecule has 0 bridgehead atoms. The molecule has 0 amide bonds. The lowest BCUT2D eigenvalue weighted by Crippen LogP contribution is -2.01. The van der Waals surface area contributed by atoms with Crippen LogP contribution in [0.1, 0.15) is 33.4 Å². The highest BCUT2D eigenvalue weighted by Crippen LogP contribution is 2.40. The van der Waals surface area contributed by atoms with Gasteiger partial charge in [-0.3, -0.25) is 0 Å². The Bertz CT molecular complexity index is 1700. The zero-order valence-electron chi connectivity index (χ0n) is 28.1. The summed E-state index contributed by atoms with van der Waals surface area (Å²) in [5, 5.41) is 25.5. The zero-order chi connectivity index (χ0) is 35.1. The number of rotatable bonds is 18. The van der Waals surface area contributed by atoms with E-state index in [1.54, 1.807) is 36.5 Å². The SMILES string of the molecule is C=CCOc1ccc2c(CC=C)c(OCC=C)ccc2c1CC=C.C=CCc1cc2c(CC=C)c(O)c(CC=C)cc2c(CC=C)c1O. The lowest BCUT2D eigenvalue weighted by Gasteiger charge is -2.18. The third kappa shape index (κ3) is 8.45. The Hall–Kier alpha value is -5.48. The van der Waals surface area contributed by atoms with E-state index >= 15 is 0 Å². The molecular formula is C44H48O4. The molecule has 4 aromatic carbocycles. The quantitative estimate of drug-likeness (QED) is 0.106. The number of benzene rings is 4. The monoisotopic (exact) mass is 640 g/mol. The van der Waals surface area contributed by atoms with Gasteiger partial charge in [-0.2, -0.15) is 0 Å². The summed E-state index contributed by atoms with van der Waals surface area (Å²) in [7, 11) is 0. The van der Waals surface area contributed by atoms with Crippen LogP contribution in [0.5, 0.6) is 23.0 Å². The van der Waals surface area contributed by atoms with Gasteiger partial charge in [-0.25, -0.2) is 0 Å². The van der Waals surface area contributed by atoms with E-state index in [-0.39, 0.29) is 11.5 Å². The van der Waals surface area contributed by atoms with Gasteiger partial charge in [0.15, 0.2) is 0 Å². The molecule has 0 saturated heterocycles. The Balaban J connectivity index is 0.000000260. The third-order valence-corrected chi connectivity index (χ3v) is 7.93. The number of aromatic hydroxyl groups is 2. The lowest BCUT2D eigenvalue weighted by molar-refractivity contribution is 0.359. The van der Waals surface area contributed by atoms with Crippen molar-refractivity contribution >= 4 is 21.5 Å². The molecule has 0 fully saturated rings. The zero-order valence-corrected chi connectivity index (χ0v) is 28.1. The first-order valence-electron chi connectivity index (χ1n) is 16.1. The molecule has 4 aromatic rings. The maximum absolute atomic E-state index is 10.7. The van der Waals surface area contributed by atoms with Gasteiger partial charge in [0.2, 0.25) is 0 Å². The van der Waals surface area contributed by atoms with Crippen molar-refractivity contribution in [2.24, 2.45) is 0 Å². The molecule has 48 heavy (non-hydrogen) atoms. The largest absolute Gasteiger partial charge is 0.507 e. The first-order valence-corrected chi connectivity index (χ1v) is 16.1. The average molecular weight is 641 g/mol. The van der Waals surface area contributed by atoms with Crippen LogP contribution in [0.3, 0.4) is 0 Å². The molecule has 4 heteroatoms. The van der Waals surface area contributed by atoms with Crippen LogP contribution in [0.2, 0.25) is 0 Å². The summed E-state index contributed by atoms with van der Waals surface area (Å²) in [5.41, 5.74) is 5.52. The van der Waals surface area contributed by atoms with Crippen molar-refractivity contribution in [1.29, 1.82) is 0 Å². The molecule has 0 radical (unpaired) electrons. The highest BCUT2D eigenvalue weighted by Gasteiger charge is 2.18. The van der Waals surface area contributed by atoms with Gasteiger partial charge in [0.25, 0.3) is 0 Å². The second-order valence-corrected chi connectivity index (χ2v) is 11.2. The van der Waals surface area contributed by atoms with Gasteiger partial charge in [-0.05, 0) is 95.5 Å². The molecule has 0 aliphatic rings. The van der Waals surface area contributed by atoms with Crippen LogP contribution in [0.25, 0.3) is 21.5 Å². The normalized spacial score (nSPS) is 10.3.